The third kappa shape index (κ3) is 5.45. The Kier molecular flexibility index (Phi) is 7.02. The number of benzene rings is 2. The first-order chi connectivity index (χ1) is 15.6. The Balaban J connectivity index is 1.23. The molecule has 4 rings (SSSR count). The van der Waals surface area contributed by atoms with Gasteiger partial charge in [-0.25, -0.2) is 0 Å². The highest BCUT2D eigenvalue weighted by molar-refractivity contribution is 6.32. The molecule has 0 unspecified atom stereocenters. The molecule has 0 saturated carbocycles. The molecule has 7 heteroatoms. The molecule has 1 fully saturated rings. The lowest BCUT2D eigenvalue weighted by atomic mass is 10.1. The number of hydrogen-bond donors (Lipinski definition) is 1. The first kappa shape index (κ1) is 21.8. The van der Waals surface area contributed by atoms with Crippen molar-refractivity contribution in [2.24, 2.45) is 0 Å². The van der Waals surface area contributed by atoms with Gasteiger partial charge in [-0.3, -0.25) is 14.6 Å². The number of pyridine rings is 1. The summed E-state index contributed by atoms with van der Waals surface area (Å²) >= 11 is 6.15. The number of piperidine rings is 1. The van der Waals surface area contributed by atoms with Crippen molar-refractivity contribution < 1.29 is 14.3 Å². The van der Waals surface area contributed by atoms with Gasteiger partial charge in [-0.15, -0.1) is 0 Å². The average Bonchev–Trinajstić information content (AvgIpc) is 2.85. The largest absolute Gasteiger partial charge is 0.489 e. The molecule has 2 heterocycles. The third-order valence-corrected chi connectivity index (χ3v) is 5.74. The monoisotopic (exact) mass is 449 g/mol. The number of para-hydroxylation sites is 1. The van der Waals surface area contributed by atoms with Crippen LogP contribution in [0.15, 0.2) is 72.9 Å². The minimum absolute atomic E-state index is 0.0147. The van der Waals surface area contributed by atoms with Crippen LogP contribution in [0.1, 0.15) is 23.3 Å². The maximum atomic E-state index is 12.5. The van der Waals surface area contributed by atoms with Gasteiger partial charge in [-0.2, -0.15) is 0 Å². The fraction of sp³-hybridized carbons (Fsp3) is 0.240. The summed E-state index contributed by atoms with van der Waals surface area (Å²) in [5, 5.41) is 3.25. The van der Waals surface area contributed by atoms with E-state index in [1.807, 2.05) is 54.6 Å². The van der Waals surface area contributed by atoms with E-state index in [1.54, 1.807) is 23.2 Å². The smallest absolute Gasteiger partial charge is 0.270 e. The van der Waals surface area contributed by atoms with Gasteiger partial charge in [0.1, 0.15) is 17.5 Å². The van der Waals surface area contributed by atoms with E-state index in [0.717, 1.165) is 11.1 Å². The molecule has 0 aliphatic carbocycles. The number of halogens is 1. The Morgan fingerprint density at radius 1 is 0.969 bits per heavy atom. The van der Waals surface area contributed by atoms with E-state index in [2.05, 4.69) is 10.3 Å². The van der Waals surface area contributed by atoms with Crippen LogP contribution < -0.4 is 10.1 Å². The lowest BCUT2D eigenvalue weighted by molar-refractivity contribution is -0.131. The zero-order valence-corrected chi connectivity index (χ0v) is 18.3. The Morgan fingerprint density at radius 3 is 2.38 bits per heavy atom. The average molecular weight is 450 g/mol. The summed E-state index contributed by atoms with van der Waals surface area (Å²) in [6.45, 7) is 1.10. The van der Waals surface area contributed by atoms with Gasteiger partial charge in [0.15, 0.2) is 0 Å². The van der Waals surface area contributed by atoms with Gasteiger partial charge >= 0.3 is 0 Å². The zero-order valence-electron chi connectivity index (χ0n) is 17.5. The second-order valence-electron chi connectivity index (χ2n) is 7.61. The Morgan fingerprint density at radius 2 is 1.69 bits per heavy atom. The quantitative estimate of drug-likeness (QED) is 0.612. The van der Waals surface area contributed by atoms with E-state index in [0.29, 0.717) is 36.7 Å². The molecule has 1 aromatic heterocycles. The number of hydrogen-bond acceptors (Lipinski definition) is 4. The second-order valence-corrected chi connectivity index (χ2v) is 8.02. The fourth-order valence-corrected chi connectivity index (χ4v) is 3.81. The molecule has 2 aromatic carbocycles. The number of carbonyl (C=O) groups is 2. The van der Waals surface area contributed by atoms with E-state index in [4.69, 9.17) is 16.3 Å². The minimum Gasteiger partial charge on any atom is -0.489 e. The van der Waals surface area contributed by atoms with Crippen molar-refractivity contribution in [1.29, 1.82) is 0 Å². The van der Waals surface area contributed by atoms with Crippen molar-refractivity contribution in [3.63, 3.8) is 0 Å². The molecule has 6 nitrogen and oxygen atoms in total. The molecule has 32 heavy (non-hydrogen) atoms. The zero-order chi connectivity index (χ0) is 22.3. The van der Waals surface area contributed by atoms with E-state index < -0.39 is 0 Å². The first-order valence-corrected chi connectivity index (χ1v) is 11.0. The van der Waals surface area contributed by atoms with Crippen molar-refractivity contribution in [1.82, 2.24) is 15.2 Å². The number of carbonyl (C=O) groups excluding carboxylic acids is 2. The molecule has 1 aliphatic rings. The van der Waals surface area contributed by atoms with E-state index in [-0.39, 0.29) is 30.2 Å². The van der Waals surface area contributed by atoms with Crippen molar-refractivity contribution >= 4 is 23.4 Å². The van der Waals surface area contributed by atoms with Gasteiger partial charge < -0.3 is 15.0 Å². The Hall–Kier alpha value is -3.38. The minimum atomic E-state index is -0.366. The van der Waals surface area contributed by atoms with Crippen LogP contribution in [-0.4, -0.2) is 47.4 Å². The van der Waals surface area contributed by atoms with Gasteiger partial charge in [0.25, 0.3) is 5.91 Å². The number of amides is 2. The van der Waals surface area contributed by atoms with Crippen LogP contribution in [0, 0.1) is 0 Å². The molecule has 0 atom stereocenters. The summed E-state index contributed by atoms with van der Waals surface area (Å²) < 4.78 is 5.96. The Bertz CT molecular complexity index is 1070. The molecule has 2 amide bonds. The van der Waals surface area contributed by atoms with Crippen LogP contribution in [0.4, 0.5) is 0 Å². The summed E-state index contributed by atoms with van der Waals surface area (Å²) in [6.07, 6.45) is 3.11. The molecular formula is C25H24ClN3O3. The van der Waals surface area contributed by atoms with Crippen molar-refractivity contribution in [3.05, 3.63) is 83.6 Å². The van der Waals surface area contributed by atoms with Crippen LogP contribution in [-0.2, 0) is 4.79 Å². The molecule has 1 N–H and O–H groups in total. The molecule has 3 aromatic rings. The van der Waals surface area contributed by atoms with Gasteiger partial charge in [-0.1, -0.05) is 60.1 Å². The van der Waals surface area contributed by atoms with Crippen LogP contribution in [0.2, 0.25) is 5.02 Å². The molecule has 1 aliphatic heterocycles. The van der Waals surface area contributed by atoms with Crippen LogP contribution in [0.5, 0.6) is 5.75 Å². The first-order valence-electron chi connectivity index (χ1n) is 10.6. The second kappa shape index (κ2) is 10.3. The summed E-state index contributed by atoms with van der Waals surface area (Å²) in [6, 6.07) is 20.7. The SMILES string of the molecule is O=C(NCC(=O)N1CCC(Oc2ccccc2Cl)CC1)c1ccc(-c2ccccc2)cn1. The van der Waals surface area contributed by atoms with Gasteiger partial charge in [0.05, 0.1) is 11.6 Å². The van der Waals surface area contributed by atoms with E-state index in [9.17, 15) is 9.59 Å². The maximum Gasteiger partial charge on any atom is 0.270 e. The number of aromatic nitrogens is 1. The maximum absolute atomic E-state index is 12.5. The summed E-state index contributed by atoms with van der Waals surface area (Å²) in [5.41, 5.74) is 2.24. The number of nitrogens with one attached hydrogen (secondary N) is 1. The standard InChI is InChI=1S/C25H24ClN3O3/c26-21-8-4-5-9-23(21)32-20-12-14-29(15-13-20)24(30)17-28-25(31)22-11-10-19(16-27-22)18-6-2-1-3-7-18/h1-11,16,20H,12-15,17H2,(H,28,31). The molecular weight excluding hydrogens is 426 g/mol. The summed E-state index contributed by atoms with van der Waals surface area (Å²) in [7, 11) is 0. The summed E-state index contributed by atoms with van der Waals surface area (Å²) in [5.74, 6) is 0.183. The molecule has 1 saturated heterocycles. The normalized spacial score (nSPS) is 14.1. The van der Waals surface area contributed by atoms with E-state index >= 15 is 0 Å². The van der Waals surface area contributed by atoms with Crippen molar-refractivity contribution in [3.8, 4) is 16.9 Å². The predicted octanol–water partition coefficient (Wildman–Crippen LogP) is 4.20. The van der Waals surface area contributed by atoms with Crippen molar-refractivity contribution in [2.75, 3.05) is 19.6 Å². The predicted molar refractivity (Wildman–Crippen MR) is 124 cm³/mol. The number of rotatable bonds is 6. The van der Waals surface area contributed by atoms with E-state index in [1.165, 1.54) is 0 Å². The van der Waals surface area contributed by atoms with Crippen LogP contribution >= 0.6 is 11.6 Å². The van der Waals surface area contributed by atoms with Crippen molar-refractivity contribution in [2.45, 2.75) is 18.9 Å². The molecule has 164 valence electrons. The molecule has 0 spiro atoms. The lowest BCUT2D eigenvalue weighted by Gasteiger charge is -2.32. The fourth-order valence-electron chi connectivity index (χ4n) is 3.63. The number of likely N-dealkylation sites (tertiary alicyclic amines) is 1. The highest BCUT2D eigenvalue weighted by atomic mass is 35.5. The topological polar surface area (TPSA) is 71.5 Å². The highest BCUT2D eigenvalue weighted by Gasteiger charge is 2.24. The van der Waals surface area contributed by atoms with Gasteiger partial charge in [-0.05, 0) is 23.8 Å². The van der Waals surface area contributed by atoms with Crippen LogP contribution in [0.3, 0.4) is 0 Å². The van der Waals surface area contributed by atoms with Crippen LogP contribution in [0.25, 0.3) is 11.1 Å². The van der Waals surface area contributed by atoms with Gasteiger partial charge in [0, 0.05) is 37.7 Å². The third-order valence-electron chi connectivity index (χ3n) is 5.43. The molecule has 0 bridgehead atoms. The lowest BCUT2D eigenvalue weighted by Crippen LogP contribution is -2.46. The highest BCUT2D eigenvalue weighted by Crippen LogP contribution is 2.26. The molecule has 0 radical (unpaired) electrons. The number of nitrogens with zero attached hydrogens (tertiary/aromatic N) is 2. The van der Waals surface area contributed by atoms with Gasteiger partial charge in [0.2, 0.25) is 5.91 Å². The number of ether oxygens (including phenoxy) is 1. The Labute approximate surface area is 192 Å². The summed E-state index contributed by atoms with van der Waals surface area (Å²) in [4.78, 5) is 30.9.